The maximum Gasteiger partial charge on any atom is 0.239 e. The fourth-order valence-corrected chi connectivity index (χ4v) is 3.88. The molecule has 9 heteroatoms. The molecule has 1 aromatic carbocycles. The third-order valence-corrected chi connectivity index (χ3v) is 5.37. The zero-order valence-electron chi connectivity index (χ0n) is 15.6. The summed E-state index contributed by atoms with van der Waals surface area (Å²) >= 11 is 1.56. The monoisotopic (exact) mass is 386 g/mol. The summed E-state index contributed by atoms with van der Waals surface area (Å²) in [6.07, 6.45) is 0. The minimum Gasteiger partial charge on any atom is -0.378 e. The predicted octanol–water partition coefficient (Wildman–Crippen LogP) is 2.96. The first-order valence-corrected chi connectivity index (χ1v) is 9.82. The highest BCUT2D eigenvalue weighted by molar-refractivity contribution is 7.99. The molecule has 0 bridgehead atoms. The van der Waals surface area contributed by atoms with Gasteiger partial charge in [-0.3, -0.25) is 4.57 Å². The van der Waals surface area contributed by atoms with E-state index in [1.54, 1.807) is 11.8 Å². The molecule has 0 aliphatic carbocycles. The van der Waals surface area contributed by atoms with Gasteiger partial charge in [0.25, 0.3) is 0 Å². The quantitative estimate of drug-likeness (QED) is 0.619. The summed E-state index contributed by atoms with van der Waals surface area (Å²) in [5.41, 5.74) is 2.23. The summed E-state index contributed by atoms with van der Waals surface area (Å²) < 4.78 is 12.9. The lowest BCUT2D eigenvalue weighted by molar-refractivity contribution is 0.122. The van der Waals surface area contributed by atoms with Crippen molar-refractivity contribution in [3.8, 4) is 5.69 Å². The summed E-state index contributed by atoms with van der Waals surface area (Å²) in [7, 11) is 0. The van der Waals surface area contributed by atoms with Crippen molar-refractivity contribution in [3.63, 3.8) is 0 Å². The third-order valence-electron chi connectivity index (χ3n) is 4.34. The van der Waals surface area contributed by atoms with Gasteiger partial charge in [-0.1, -0.05) is 29.1 Å². The van der Waals surface area contributed by atoms with Gasteiger partial charge in [-0.15, -0.1) is 10.2 Å². The van der Waals surface area contributed by atoms with Crippen LogP contribution in [0.1, 0.15) is 29.5 Å². The summed E-state index contributed by atoms with van der Waals surface area (Å²) in [6.45, 7) is 8.91. The van der Waals surface area contributed by atoms with Gasteiger partial charge in [-0.25, -0.2) is 0 Å². The van der Waals surface area contributed by atoms with E-state index in [1.165, 1.54) is 5.56 Å². The first-order valence-electron chi connectivity index (χ1n) is 8.94. The van der Waals surface area contributed by atoms with Gasteiger partial charge >= 0.3 is 0 Å². The van der Waals surface area contributed by atoms with Crippen LogP contribution in [0.15, 0.2) is 33.9 Å². The van der Waals surface area contributed by atoms with Crippen molar-refractivity contribution in [2.75, 3.05) is 31.2 Å². The van der Waals surface area contributed by atoms with Crippen LogP contribution in [0.4, 0.5) is 5.95 Å². The first-order chi connectivity index (χ1) is 13.1. The van der Waals surface area contributed by atoms with E-state index >= 15 is 0 Å². The van der Waals surface area contributed by atoms with E-state index in [0.717, 1.165) is 29.9 Å². The number of hydrogen-bond acceptors (Lipinski definition) is 8. The summed E-state index contributed by atoms with van der Waals surface area (Å²) in [6, 6.07) is 8.34. The lowest BCUT2D eigenvalue weighted by atomic mass is 10.2. The number of nitrogens with zero attached hydrogens (tertiary/aromatic N) is 6. The number of anilines is 1. The van der Waals surface area contributed by atoms with Crippen molar-refractivity contribution in [2.45, 2.75) is 31.2 Å². The number of hydrogen-bond donors (Lipinski definition) is 0. The highest BCUT2D eigenvalue weighted by Gasteiger charge is 2.24. The Balaban J connectivity index is 1.71. The molecule has 0 N–H and O–H groups in total. The second-order valence-electron chi connectivity index (χ2n) is 6.50. The Morgan fingerprint density at radius 3 is 2.67 bits per heavy atom. The van der Waals surface area contributed by atoms with Gasteiger partial charge in [0.2, 0.25) is 11.8 Å². The van der Waals surface area contributed by atoms with E-state index in [0.29, 0.717) is 24.9 Å². The van der Waals surface area contributed by atoms with Gasteiger partial charge in [-0.2, -0.15) is 4.98 Å². The largest absolute Gasteiger partial charge is 0.378 e. The van der Waals surface area contributed by atoms with Gasteiger partial charge in [0.15, 0.2) is 11.0 Å². The number of aromatic nitrogens is 5. The molecular weight excluding hydrogens is 364 g/mol. The van der Waals surface area contributed by atoms with Crippen LogP contribution in [-0.2, 0) is 4.74 Å². The highest BCUT2D eigenvalue weighted by atomic mass is 32.2. The van der Waals surface area contributed by atoms with Gasteiger partial charge in [0.05, 0.1) is 24.2 Å². The van der Waals surface area contributed by atoms with Crippen molar-refractivity contribution >= 4 is 17.7 Å². The third kappa shape index (κ3) is 3.84. The number of rotatable bonds is 5. The Morgan fingerprint density at radius 1 is 1.15 bits per heavy atom. The van der Waals surface area contributed by atoms with Crippen LogP contribution in [0.2, 0.25) is 0 Å². The first kappa shape index (κ1) is 18.0. The lowest BCUT2D eigenvalue weighted by Gasteiger charge is -2.28. The zero-order valence-corrected chi connectivity index (χ0v) is 16.4. The van der Waals surface area contributed by atoms with Crippen LogP contribution in [0.5, 0.6) is 0 Å². The minimum atomic E-state index is -0.0310. The Labute approximate surface area is 161 Å². The summed E-state index contributed by atoms with van der Waals surface area (Å²) in [4.78, 5) is 6.55. The number of benzene rings is 1. The van der Waals surface area contributed by atoms with Crippen molar-refractivity contribution in [3.05, 3.63) is 41.5 Å². The fourth-order valence-electron chi connectivity index (χ4n) is 2.99. The molecule has 27 heavy (non-hydrogen) atoms. The average molecular weight is 386 g/mol. The molecule has 1 fully saturated rings. The van der Waals surface area contributed by atoms with Crippen LogP contribution in [0, 0.1) is 13.8 Å². The smallest absolute Gasteiger partial charge is 0.239 e. The second kappa shape index (κ2) is 7.69. The normalized spacial score (nSPS) is 15.9. The number of aryl methyl sites for hydroxylation is 2. The Bertz CT molecular complexity index is 918. The molecule has 3 heterocycles. The molecule has 142 valence electrons. The minimum absolute atomic E-state index is 0.0310. The van der Waals surface area contributed by atoms with Gasteiger partial charge in [0, 0.05) is 13.1 Å². The average Bonchev–Trinajstić information content (AvgIpc) is 3.29. The molecule has 3 aromatic rings. The molecule has 1 atom stereocenters. The molecule has 1 unspecified atom stereocenters. The molecule has 1 saturated heterocycles. The molecule has 1 aliphatic heterocycles. The molecule has 2 aromatic heterocycles. The van der Waals surface area contributed by atoms with Crippen LogP contribution in [-0.4, -0.2) is 51.2 Å². The Morgan fingerprint density at radius 2 is 1.96 bits per heavy atom. The molecular formula is C18H22N6O2S. The maximum absolute atomic E-state index is 5.49. The fraction of sp³-hybridized carbons (Fsp3) is 0.444. The Kier molecular flexibility index (Phi) is 5.13. The van der Waals surface area contributed by atoms with Gasteiger partial charge in [-0.05, 0) is 38.5 Å². The van der Waals surface area contributed by atoms with Crippen LogP contribution in [0.3, 0.4) is 0 Å². The van der Waals surface area contributed by atoms with E-state index in [2.05, 4.69) is 54.9 Å². The zero-order chi connectivity index (χ0) is 18.8. The number of morpholine rings is 1. The molecule has 0 spiro atoms. The molecule has 1 aliphatic rings. The Hall–Kier alpha value is -2.39. The highest BCUT2D eigenvalue weighted by Crippen LogP contribution is 2.36. The van der Waals surface area contributed by atoms with Crippen molar-refractivity contribution < 1.29 is 9.26 Å². The van der Waals surface area contributed by atoms with E-state index in [9.17, 15) is 0 Å². The van der Waals surface area contributed by atoms with Crippen LogP contribution < -0.4 is 4.90 Å². The van der Waals surface area contributed by atoms with E-state index in [-0.39, 0.29) is 5.25 Å². The van der Waals surface area contributed by atoms with Crippen molar-refractivity contribution in [1.82, 2.24) is 24.9 Å². The van der Waals surface area contributed by atoms with Crippen molar-refractivity contribution in [1.29, 1.82) is 0 Å². The summed E-state index contributed by atoms with van der Waals surface area (Å²) in [5.74, 6) is 2.05. The second-order valence-corrected chi connectivity index (χ2v) is 7.80. The van der Waals surface area contributed by atoms with Crippen molar-refractivity contribution in [2.24, 2.45) is 0 Å². The van der Waals surface area contributed by atoms with E-state index in [1.807, 2.05) is 19.9 Å². The number of ether oxygens (including phenoxy) is 1. The van der Waals surface area contributed by atoms with Gasteiger partial charge in [0.1, 0.15) is 0 Å². The molecule has 0 saturated carbocycles. The molecule has 0 radical (unpaired) electrons. The SMILES string of the molecule is Cc1cccc(-n2c(SC(C)c3nc(C)no3)nnc2N2CCOCC2)c1. The standard InChI is InChI=1S/C18H22N6O2S/c1-12-5-4-6-15(11-12)24-17(23-7-9-25-10-8-23)20-21-18(24)27-13(2)16-19-14(3)22-26-16/h4-6,11,13H,7-10H2,1-3H3. The lowest BCUT2D eigenvalue weighted by Crippen LogP contribution is -2.37. The molecule has 0 amide bonds. The van der Waals surface area contributed by atoms with Crippen LogP contribution in [0.25, 0.3) is 5.69 Å². The molecule has 4 rings (SSSR count). The maximum atomic E-state index is 5.49. The predicted molar refractivity (Wildman–Crippen MR) is 102 cm³/mol. The topological polar surface area (TPSA) is 82.1 Å². The van der Waals surface area contributed by atoms with E-state index < -0.39 is 0 Å². The molecule has 8 nitrogen and oxygen atoms in total. The van der Waals surface area contributed by atoms with Crippen LogP contribution >= 0.6 is 11.8 Å². The van der Waals surface area contributed by atoms with Gasteiger partial charge < -0.3 is 14.2 Å². The number of thioether (sulfide) groups is 1. The van der Waals surface area contributed by atoms with E-state index in [4.69, 9.17) is 9.26 Å². The summed E-state index contributed by atoms with van der Waals surface area (Å²) in [5, 5.41) is 13.6.